The maximum absolute atomic E-state index is 11.8. The van der Waals surface area contributed by atoms with Crippen molar-refractivity contribution in [3.8, 4) is 0 Å². The number of carbonyl (C=O) groups is 1. The van der Waals surface area contributed by atoms with Gasteiger partial charge >= 0.3 is 0 Å². The third kappa shape index (κ3) is 2.42. The Morgan fingerprint density at radius 1 is 1.29 bits per heavy atom. The van der Waals surface area contributed by atoms with Crippen LogP contribution in [0.4, 0.5) is 0 Å². The summed E-state index contributed by atoms with van der Waals surface area (Å²) in [7, 11) is 0. The van der Waals surface area contributed by atoms with Crippen LogP contribution in [0.15, 0.2) is 28.8 Å². The molecule has 0 radical (unpaired) electrons. The van der Waals surface area contributed by atoms with E-state index >= 15 is 0 Å². The molecule has 1 amide bonds. The van der Waals surface area contributed by atoms with Gasteiger partial charge in [-0.1, -0.05) is 42.2 Å². The molecule has 2 fully saturated rings. The van der Waals surface area contributed by atoms with Crippen molar-refractivity contribution in [2.45, 2.75) is 49.9 Å². The van der Waals surface area contributed by atoms with E-state index in [1.165, 1.54) is 0 Å². The maximum atomic E-state index is 11.8. The van der Waals surface area contributed by atoms with Gasteiger partial charge in [-0.15, -0.1) is 0 Å². The zero-order valence-corrected chi connectivity index (χ0v) is 14.4. The highest BCUT2D eigenvalue weighted by molar-refractivity contribution is 6.30. The fraction of sp³-hybridized carbons (Fsp3) is 0.500. The summed E-state index contributed by atoms with van der Waals surface area (Å²) in [4.78, 5) is 16.5. The number of halogens is 1. The van der Waals surface area contributed by atoms with Crippen LogP contribution in [-0.2, 0) is 15.6 Å². The van der Waals surface area contributed by atoms with Gasteiger partial charge < -0.3 is 9.84 Å². The minimum Gasteiger partial charge on any atom is -0.356 e. The van der Waals surface area contributed by atoms with E-state index in [4.69, 9.17) is 21.1 Å². The van der Waals surface area contributed by atoms with Gasteiger partial charge in [-0.25, -0.2) is 0 Å². The third-order valence-corrected chi connectivity index (χ3v) is 5.74. The number of amides is 1. The summed E-state index contributed by atoms with van der Waals surface area (Å²) >= 11 is 6.18. The number of rotatable bonds is 3. The largest absolute Gasteiger partial charge is 0.356 e. The first kappa shape index (κ1) is 15.6. The predicted octanol–water partition coefficient (Wildman–Crippen LogP) is 3.36. The molecule has 24 heavy (non-hydrogen) atoms. The van der Waals surface area contributed by atoms with E-state index in [2.05, 4.69) is 16.5 Å². The molecule has 1 saturated heterocycles. The SMILES string of the molecule is CC1(c2nc(C3(c4cccc(Cl)c4)CCC3)no2)CCNC(=O)C1. The van der Waals surface area contributed by atoms with Crippen molar-refractivity contribution in [3.63, 3.8) is 0 Å². The number of carbonyl (C=O) groups excluding carboxylic acids is 1. The number of benzene rings is 1. The molecule has 1 N–H and O–H groups in total. The lowest BCUT2D eigenvalue weighted by atomic mass is 9.64. The van der Waals surface area contributed by atoms with Gasteiger partial charge in [0.2, 0.25) is 11.8 Å². The highest BCUT2D eigenvalue weighted by atomic mass is 35.5. The lowest BCUT2D eigenvalue weighted by molar-refractivity contribution is -0.124. The normalized spacial score (nSPS) is 25.8. The van der Waals surface area contributed by atoms with Crippen molar-refractivity contribution in [2.75, 3.05) is 6.54 Å². The van der Waals surface area contributed by atoms with E-state index < -0.39 is 0 Å². The average molecular weight is 346 g/mol. The summed E-state index contributed by atoms with van der Waals surface area (Å²) in [5.74, 6) is 1.33. The molecule has 1 saturated carbocycles. The zero-order chi connectivity index (χ0) is 16.8. The summed E-state index contributed by atoms with van der Waals surface area (Å²) in [5.41, 5.74) is 0.549. The molecule has 2 aliphatic rings. The highest BCUT2D eigenvalue weighted by Gasteiger charge is 2.46. The van der Waals surface area contributed by atoms with Crippen LogP contribution in [0.5, 0.6) is 0 Å². The Hall–Kier alpha value is -1.88. The van der Waals surface area contributed by atoms with Gasteiger partial charge in [0.25, 0.3) is 0 Å². The van der Waals surface area contributed by atoms with Gasteiger partial charge in [-0.05, 0) is 37.0 Å². The van der Waals surface area contributed by atoms with E-state index in [1.807, 2.05) is 25.1 Å². The molecule has 2 heterocycles. The number of hydrogen-bond donors (Lipinski definition) is 1. The van der Waals surface area contributed by atoms with E-state index in [9.17, 15) is 4.79 Å². The maximum Gasteiger partial charge on any atom is 0.233 e. The monoisotopic (exact) mass is 345 g/mol. The molecule has 1 unspecified atom stereocenters. The van der Waals surface area contributed by atoms with Gasteiger partial charge in [0.1, 0.15) is 0 Å². The minimum absolute atomic E-state index is 0.0386. The van der Waals surface area contributed by atoms with Gasteiger partial charge in [0, 0.05) is 18.0 Å². The standard InChI is InChI=1S/C18H20ClN3O2/c1-17(8-9-20-14(23)11-17)16-21-15(22-24-16)18(6-3-7-18)12-4-2-5-13(19)10-12/h2,4-5,10H,3,6-9,11H2,1H3,(H,20,23). The molecule has 6 heteroatoms. The highest BCUT2D eigenvalue weighted by Crippen LogP contribution is 2.48. The molecular weight excluding hydrogens is 326 g/mol. The van der Waals surface area contributed by atoms with Crippen LogP contribution < -0.4 is 5.32 Å². The van der Waals surface area contributed by atoms with E-state index in [0.717, 1.165) is 42.1 Å². The summed E-state index contributed by atoms with van der Waals surface area (Å²) in [6, 6.07) is 7.91. The van der Waals surface area contributed by atoms with E-state index in [1.54, 1.807) is 0 Å². The summed E-state index contributed by atoms with van der Waals surface area (Å²) in [6.07, 6.45) is 4.31. The predicted molar refractivity (Wildman–Crippen MR) is 90.0 cm³/mol. The Kier molecular flexibility index (Phi) is 3.64. The fourth-order valence-corrected chi connectivity index (χ4v) is 3.98. The first-order chi connectivity index (χ1) is 11.5. The molecule has 1 atom stereocenters. The number of nitrogens with one attached hydrogen (secondary N) is 1. The molecule has 0 spiro atoms. The van der Waals surface area contributed by atoms with Crippen LogP contribution >= 0.6 is 11.6 Å². The topological polar surface area (TPSA) is 68.0 Å². The number of hydrogen-bond acceptors (Lipinski definition) is 4. The van der Waals surface area contributed by atoms with Crippen LogP contribution in [0.3, 0.4) is 0 Å². The van der Waals surface area contributed by atoms with Crippen molar-refractivity contribution in [3.05, 3.63) is 46.6 Å². The van der Waals surface area contributed by atoms with Gasteiger partial charge in [0.05, 0.1) is 10.8 Å². The third-order valence-electron chi connectivity index (χ3n) is 5.50. The van der Waals surface area contributed by atoms with Crippen molar-refractivity contribution in [2.24, 2.45) is 0 Å². The average Bonchev–Trinajstić information content (AvgIpc) is 2.97. The number of aromatic nitrogens is 2. The van der Waals surface area contributed by atoms with Crippen molar-refractivity contribution >= 4 is 17.5 Å². The van der Waals surface area contributed by atoms with Crippen molar-refractivity contribution < 1.29 is 9.32 Å². The number of piperidine rings is 1. The molecule has 0 bridgehead atoms. The second kappa shape index (κ2) is 5.59. The Labute approximate surface area is 145 Å². The number of nitrogens with zero attached hydrogens (tertiary/aromatic N) is 2. The van der Waals surface area contributed by atoms with Gasteiger partial charge in [-0.2, -0.15) is 4.98 Å². The molecule has 2 aromatic rings. The first-order valence-electron chi connectivity index (χ1n) is 8.39. The van der Waals surface area contributed by atoms with Crippen LogP contribution in [0.2, 0.25) is 5.02 Å². The van der Waals surface area contributed by atoms with E-state index in [-0.39, 0.29) is 16.7 Å². The van der Waals surface area contributed by atoms with Crippen molar-refractivity contribution in [1.29, 1.82) is 0 Å². The quantitative estimate of drug-likeness (QED) is 0.926. The molecule has 4 rings (SSSR count). The Morgan fingerprint density at radius 3 is 2.79 bits per heavy atom. The molecule has 1 aliphatic heterocycles. The summed E-state index contributed by atoms with van der Waals surface area (Å²) in [5, 5.41) is 7.88. The molecule has 5 nitrogen and oxygen atoms in total. The van der Waals surface area contributed by atoms with Gasteiger partial charge in [0.15, 0.2) is 5.82 Å². The Morgan fingerprint density at radius 2 is 2.12 bits per heavy atom. The van der Waals surface area contributed by atoms with Crippen LogP contribution in [0.25, 0.3) is 0 Å². The van der Waals surface area contributed by atoms with Crippen molar-refractivity contribution in [1.82, 2.24) is 15.5 Å². The molecular formula is C18H20ClN3O2. The van der Waals surface area contributed by atoms with Crippen LogP contribution in [0, 0.1) is 0 Å². The van der Waals surface area contributed by atoms with Gasteiger partial charge in [-0.3, -0.25) is 4.79 Å². The second-order valence-corrected chi connectivity index (χ2v) is 7.64. The minimum atomic E-state index is -0.382. The van der Waals surface area contributed by atoms with E-state index in [0.29, 0.717) is 18.9 Å². The first-order valence-corrected chi connectivity index (χ1v) is 8.77. The smallest absolute Gasteiger partial charge is 0.233 e. The molecule has 1 aromatic carbocycles. The van der Waals surface area contributed by atoms with Crippen LogP contribution in [-0.4, -0.2) is 22.6 Å². The summed E-state index contributed by atoms with van der Waals surface area (Å²) < 4.78 is 5.61. The second-order valence-electron chi connectivity index (χ2n) is 7.21. The lowest BCUT2D eigenvalue weighted by Crippen LogP contribution is -2.42. The molecule has 1 aliphatic carbocycles. The zero-order valence-electron chi connectivity index (χ0n) is 13.6. The fourth-order valence-electron chi connectivity index (χ4n) is 3.79. The Bertz CT molecular complexity index is 784. The molecule has 126 valence electrons. The summed E-state index contributed by atoms with van der Waals surface area (Å²) in [6.45, 7) is 2.67. The van der Waals surface area contributed by atoms with Crippen LogP contribution in [0.1, 0.15) is 56.3 Å². The lowest BCUT2D eigenvalue weighted by Gasteiger charge is -2.39. The Balaban J connectivity index is 1.70. The molecule has 1 aromatic heterocycles.